The first-order chi connectivity index (χ1) is 13.8. The number of hydrogen-bond donors (Lipinski definition) is 1. The average molecular weight is 406 g/mol. The lowest BCUT2D eigenvalue weighted by Gasteiger charge is -2.37. The zero-order valence-corrected chi connectivity index (χ0v) is 15.6. The second kappa shape index (κ2) is 8.50. The summed E-state index contributed by atoms with van der Waals surface area (Å²) >= 11 is 0. The number of hydrogen-bond acceptors (Lipinski definition) is 3. The van der Waals surface area contributed by atoms with Gasteiger partial charge in [0.2, 0.25) is 5.91 Å². The van der Waals surface area contributed by atoms with Crippen molar-refractivity contribution in [1.29, 1.82) is 0 Å². The van der Waals surface area contributed by atoms with Gasteiger partial charge in [-0.05, 0) is 42.7 Å². The molecular weight excluding hydrogens is 385 g/mol. The predicted molar refractivity (Wildman–Crippen MR) is 101 cm³/mol. The fraction of sp³-hybridized carbons (Fsp3) is 0.350. The minimum atomic E-state index is -4.40. The van der Waals surface area contributed by atoms with Crippen LogP contribution in [-0.2, 0) is 17.4 Å². The van der Waals surface area contributed by atoms with E-state index in [2.05, 4.69) is 4.98 Å². The SMILES string of the molecule is NC(=O)N(c1ccccn1)C1CCN(C(=O)Cc2ccc(C(F)(F)F)cc2)CC1. The van der Waals surface area contributed by atoms with Crippen molar-refractivity contribution in [2.75, 3.05) is 18.0 Å². The number of likely N-dealkylation sites (tertiary alicyclic amines) is 1. The van der Waals surface area contributed by atoms with E-state index in [-0.39, 0.29) is 18.4 Å². The zero-order chi connectivity index (χ0) is 21.0. The Kier molecular flexibility index (Phi) is 6.05. The third-order valence-electron chi connectivity index (χ3n) is 4.95. The molecule has 3 rings (SSSR count). The molecule has 1 fully saturated rings. The summed E-state index contributed by atoms with van der Waals surface area (Å²) in [5.41, 5.74) is 5.31. The Bertz CT molecular complexity index is 848. The Morgan fingerprint density at radius 1 is 1.10 bits per heavy atom. The second-order valence-electron chi connectivity index (χ2n) is 6.88. The summed E-state index contributed by atoms with van der Waals surface area (Å²) < 4.78 is 37.9. The number of aromatic nitrogens is 1. The Balaban J connectivity index is 1.58. The van der Waals surface area contributed by atoms with Crippen molar-refractivity contribution in [3.05, 3.63) is 59.8 Å². The van der Waals surface area contributed by atoms with E-state index in [0.29, 0.717) is 37.3 Å². The number of urea groups is 1. The molecule has 0 bridgehead atoms. The summed E-state index contributed by atoms with van der Waals surface area (Å²) in [6, 6.07) is 9.04. The van der Waals surface area contributed by atoms with Crippen molar-refractivity contribution in [1.82, 2.24) is 9.88 Å². The van der Waals surface area contributed by atoms with Crippen LogP contribution < -0.4 is 10.6 Å². The number of piperidine rings is 1. The molecule has 0 atom stereocenters. The molecule has 0 unspecified atom stereocenters. The van der Waals surface area contributed by atoms with E-state index in [1.807, 2.05) is 0 Å². The molecule has 2 aromatic rings. The molecule has 154 valence electrons. The van der Waals surface area contributed by atoms with Crippen molar-refractivity contribution in [3.63, 3.8) is 0 Å². The van der Waals surface area contributed by atoms with Crippen molar-refractivity contribution >= 4 is 17.8 Å². The van der Waals surface area contributed by atoms with Gasteiger partial charge in [0.1, 0.15) is 5.82 Å². The smallest absolute Gasteiger partial charge is 0.351 e. The highest BCUT2D eigenvalue weighted by molar-refractivity contribution is 5.90. The minimum absolute atomic E-state index is 0.0303. The van der Waals surface area contributed by atoms with Crippen LogP contribution in [0.1, 0.15) is 24.0 Å². The van der Waals surface area contributed by atoms with Gasteiger partial charge in [-0.1, -0.05) is 18.2 Å². The Morgan fingerprint density at radius 3 is 2.28 bits per heavy atom. The third kappa shape index (κ3) is 5.04. The van der Waals surface area contributed by atoms with E-state index >= 15 is 0 Å². The van der Waals surface area contributed by atoms with E-state index < -0.39 is 17.8 Å². The summed E-state index contributed by atoms with van der Waals surface area (Å²) in [6.07, 6.45) is -1.71. The first-order valence-corrected chi connectivity index (χ1v) is 9.19. The third-order valence-corrected chi connectivity index (χ3v) is 4.95. The van der Waals surface area contributed by atoms with Crippen molar-refractivity contribution in [3.8, 4) is 0 Å². The summed E-state index contributed by atoms with van der Waals surface area (Å²) in [5.74, 6) is 0.307. The van der Waals surface area contributed by atoms with Gasteiger partial charge in [0, 0.05) is 25.3 Å². The maximum absolute atomic E-state index is 12.6. The Hall–Kier alpha value is -3.10. The molecule has 9 heteroatoms. The first-order valence-electron chi connectivity index (χ1n) is 9.19. The Labute approximate surface area is 166 Å². The molecule has 0 radical (unpaired) electrons. The normalized spacial score (nSPS) is 15.2. The van der Waals surface area contributed by atoms with Crippen LogP contribution in [0.3, 0.4) is 0 Å². The van der Waals surface area contributed by atoms with Gasteiger partial charge in [-0.3, -0.25) is 9.69 Å². The van der Waals surface area contributed by atoms with Gasteiger partial charge in [-0.15, -0.1) is 0 Å². The first kappa shape index (κ1) is 20.6. The van der Waals surface area contributed by atoms with E-state index in [1.54, 1.807) is 29.3 Å². The van der Waals surface area contributed by atoms with Crippen LogP contribution in [0, 0.1) is 0 Å². The highest BCUT2D eigenvalue weighted by Gasteiger charge is 2.31. The molecule has 1 saturated heterocycles. The molecule has 2 N–H and O–H groups in total. The number of nitrogens with two attached hydrogens (primary N) is 1. The van der Waals surface area contributed by atoms with Crippen LogP contribution in [0.5, 0.6) is 0 Å². The van der Waals surface area contributed by atoms with E-state index in [4.69, 9.17) is 5.73 Å². The number of carbonyl (C=O) groups excluding carboxylic acids is 2. The quantitative estimate of drug-likeness (QED) is 0.847. The van der Waals surface area contributed by atoms with Gasteiger partial charge in [0.05, 0.1) is 12.0 Å². The van der Waals surface area contributed by atoms with Crippen LogP contribution in [0.2, 0.25) is 0 Å². The van der Waals surface area contributed by atoms with Gasteiger partial charge in [0.15, 0.2) is 0 Å². The molecule has 3 amide bonds. The summed E-state index contributed by atoms with van der Waals surface area (Å²) in [7, 11) is 0. The molecule has 29 heavy (non-hydrogen) atoms. The molecule has 1 aromatic heterocycles. The van der Waals surface area contributed by atoms with E-state index in [0.717, 1.165) is 12.1 Å². The van der Waals surface area contributed by atoms with Crippen LogP contribution in [0.15, 0.2) is 48.7 Å². The topological polar surface area (TPSA) is 79.5 Å². The minimum Gasteiger partial charge on any atom is -0.351 e. The summed E-state index contributed by atoms with van der Waals surface area (Å²) in [4.78, 5) is 31.7. The number of carbonyl (C=O) groups is 2. The van der Waals surface area contributed by atoms with Crippen LogP contribution in [0.25, 0.3) is 0 Å². The van der Waals surface area contributed by atoms with Gasteiger partial charge < -0.3 is 10.6 Å². The lowest BCUT2D eigenvalue weighted by atomic mass is 10.0. The van der Waals surface area contributed by atoms with E-state index in [1.165, 1.54) is 17.0 Å². The lowest BCUT2D eigenvalue weighted by Crippen LogP contribution is -2.51. The number of alkyl halides is 3. The van der Waals surface area contributed by atoms with Gasteiger partial charge in [-0.2, -0.15) is 13.2 Å². The maximum atomic E-state index is 12.6. The standard InChI is InChI=1S/C20H21F3N4O2/c21-20(22,23)15-6-4-14(5-7-15)13-18(28)26-11-8-16(9-12-26)27(19(24)29)17-3-1-2-10-25-17/h1-7,10,16H,8-9,11-13H2,(H2,24,29). The highest BCUT2D eigenvalue weighted by atomic mass is 19.4. The zero-order valence-electron chi connectivity index (χ0n) is 15.6. The lowest BCUT2D eigenvalue weighted by molar-refractivity contribution is -0.137. The monoisotopic (exact) mass is 406 g/mol. The molecule has 2 heterocycles. The second-order valence-corrected chi connectivity index (χ2v) is 6.88. The highest BCUT2D eigenvalue weighted by Crippen LogP contribution is 2.29. The molecular formula is C20H21F3N4O2. The van der Waals surface area contributed by atoms with Crippen LogP contribution >= 0.6 is 0 Å². The number of halogens is 3. The van der Waals surface area contributed by atoms with Gasteiger partial charge in [0.25, 0.3) is 0 Å². The number of amides is 3. The molecule has 1 aliphatic heterocycles. The van der Waals surface area contributed by atoms with E-state index in [9.17, 15) is 22.8 Å². The molecule has 1 aromatic carbocycles. The molecule has 0 aliphatic carbocycles. The molecule has 0 spiro atoms. The number of primary amides is 1. The van der Waals surface area contributed by atoms with Gasteiger partial charge in [-0.25, -0.2) is 9.78 Å². The largest absolute Gasteiger partial charge is 0.416 e. The Morgan fingerprint density at radius 2 is 1.76 bits per heavy atom. The van der Waals surface area contributed by atoms with Crippen LogP contribution in [-0.4, -0.2) is 41.0 Å². The summed E-state index contributed by atoms with van der Waals surface area (Å²) in [6.45, 7) is 0.863. The summed E-state index contributed by atoms with van der Waals surface area (Å²) in [5, 5.41) is 0. The maximum Gasteiger partial charge on any atom is 0.416 e. The molecule has 6 nitrogen and oxygen atoms in total. The predicted octanol–water partition coefficient (Wildman–Crippen LogP) is 3.22. The van der Waals surface area contributed by atoms with Crippen molar-refractivity contribution in [2.45, 2.75) is 31.5 Å². The number of benzene rings is 1. The number of rotatable bonds is 4. The molecule has 0 saturated carbocycles. The number of anilines is 1. The van der Waals surface area contributed by atoms with Gasteiger partial charge >= 0.3 is 12.2 Å². The number of pyridine rings is 1. The number of nitrogens with zero attached hydrogens (tertiary/aromatic N) is 3. The fourth-order valence-corrected chi connectivity index (χ4v) is 3.45. The van der Waals surface area contributed by atoms with Crippen molar-refractivity contribution in [2.24, 2.45) is 5.73 Å². The van der Waals surface area contributed by atoms with Crippen molar-refractivity contribution < 1.29 is 22.8 Å². The van der Waals surface area contributed by atoms with Crippen LogP contribution in [0.4, 0.5) is 23.8 Å². The fourth-order valence-electron chi connectivity index (χ4n) is 3.45. The molecule has 1 aliphatic rings. The average Bonchev–Trinajstić information content (AvgIpc) is 2.69.